The van der Waals surface area contributed by atoms with Gasteiger partial charge in [-0.3, -0.25) is 4.79 Å². The Kier molecular flexibility index (Phi) is 6.23. The van der Waals surface area contributed by atoms with Gasteiger partial charge >= 0.3 is 5.97 Å². The van der Waals surface area contributed by atoms with Gasteiger partial charge in [0.05, 0.1) is 11.6 Å². The van der Waals surface area contributed by atoms with Crippen LogP contribution in [0.15, 0.2) is 78.9 Å². The smallest absolute Gasteiger partial charge is 0.338 e. The second kappa shape index (κ2) is 9.40. The zero-order chi connectivity index (χ0) is 20.8. The van der Waals surface area contributed by atoms with E-state index < -0.39 is 5.97 Å². The number of carbonyl (C=O) groups is 2. The normalized spacial score (nSPS) is 15.1. The van der Waals surface area contributed by atoms with Crippen molar-refractivity contribution in [2.45, 2.75) is 31.7 Å². The van der Waals surface area contributed by atoms with E-state index in [0.717, 1.165) is 36.0 Å². The largest absolute Gasteiger partial charge is 0.452 e. The second-order valence-corrected chi connectivity index (χ2v) is 7.61. The molecule has 1 aliphatic carbocycles. The highest BCUT2D eigenvalue weighted by molar-refractivity contribution is 5.93. The molecule has 3 aromatic carbocycles. The first kappa shape index (κ1) is 19.9. The average Bonchev–Trinajstić information content (AvgIpc) is 2.79. The van der Waals surface area contributed by atoms with Gasteiger partial charge in [0.25, 0.3) is 5.91 Å². The Labute approximate surface area is 176 Å². The summed E-state index contributed by atoms with van der Waals surface area (Å²) in [5.74, 6) is -0.744. The number of rotatable bonds is 6. The monoisotopic (exact) mass is 399 g/mol. The summed E-state index contributed by atoms with van der Waals surface area (Å²) in [5, 5.41) is 3.02. The van der Waals surface area contributed by atoms with Crippen molar-refractivity contribution >= 4 is 11.9 Å². The molecule has 4 heteroatoms. The summed E-state index contributed by atoms with van der Waals surface area (Å²) < 4.78 is 5.35. The second-order valence-electron chi connectivity index (χ2n) is 7.61. The Morgan fingerprint density at radius 2 is 1.63 bits per heavy atom. The van der Waals surface area contributed by atoms with Gasteiger partial charge in [-0.25, -0.2) is 4.79 Å². The Hall–Kier alpha value is -3.40. The highest BCUT2D eigenvalue weighted by Gasteiger charge is 2.22. The number of carbonyl (C=O) groups excluding carboxylic acids is 2. The number of hydrogen-bond donors (Lipinski definition) is 1. The molecule has 0 unspecified atom stereocenters. The fraction of sp³-hybridized carbons (Fsp3) is 0.231. The van der Waals surface area contributed by atoms with Crippen LogP contribution in [0.25, 0.3) is 0 Å². The van der Waals surface area contributed by atoms with Crippen LogP contribution in [0.1, 0.15) is 51.5 Å². The van der Waals surface area contributed by atoms with Crippen molar-refractivity contribution in [2.75, 3.05) is 6.61 Å². The van der Waals surface area contributed by atoms with Gasteiger partial charge < -0.3 is 10.1 Å². The van der Waals surface area contributed by atoms with Gasteiger partial charge in [0.2, 0.25) is 0 Å². The van der Waals surface area contributed by atoms with E-state index in [1.807, 2.05) is 60.7 Å². The lowest BCUT2D eigenvalue weighted by Gasteiger charge is -2.26. The third-order valence-corrected chi connectivity index (χ3v) is 5.51. The predicted molar refractivity (Wildman–Crippen MR) is 116 cm³/mol. The lowest BCUT2D eigenvalue weighted by atomic mass is 9.88. The number of hydrogen-bond acceptors (Lipinski definition) is 3. The van der Waals surface area contributed by atoms with Gasteiger partial charge in [0.1, 0.15) is 0 Å². The van der Waals surface area contributed by atoms with Crippen LogP contribution in [0, 0.1) is 0 Å². The van der Waals surface area contributed by atoms with E-state index in [2.05, 4.69) is 17.4 Å². The minimum absolute atomic E-state index is 0.0217. The maximum absolute atomic E-state index is 12.6. The number of fused-ring (bicyclic) bond motifs is 1. The Morgan fingerprint density at radius 3 is 2.50 bits per heavy atom. The maximum atomic E-state index is 12.6. The number of esters is 1. The van der Waals surface area contributed by atoms with Gasteiger partial charge in [-0.2, -0.15) is 0 Å². The molecule has 0 fully saturated rings. The molecule has 0 bridgehead atoms. The first-order valence-electron chi connectivity index (χ1n) is 10.4. The molecule has 30 heavy (non-hydrogen) atoms. The topological polar surface area (TPSA) is 55.4 Å². The summed E-state index contributed by atoms with van der Waals surface area (Å²) in [6.07, 6.45) is 3.61. The highest BCUT2D eigenvalue weighted by Crippen LogP contribution is 2.29. The van der Waals surface area contributed by atoms with E-state index in [9.17, 15) is 9.59 Å². The van der Waals surface area contributed by atoms with Crippen LogP contribution in [-0.4, -0.2) is 18.5 Å². The fourth-order valence-corrected chi connectivity index (χ4v) is 4.04. The molecule has 0 radical (unpaired) electrons. The number of nitrogens with one attached hydrogen (secondary N) is 1. The molecule has 3 aromatic rings. The van der Waals surface area contributed by atoms with Gasteiger partial charge in [-0.15, -0.1) is 0 Å². The van der Waals surface area contributed by atoms with Crippen LogP contribution in [0.5, 0.6) is 0 Å². The van der Waals surface area contributed by atoms with E-state index in [-0.39, 0.29) is 18.6 Å². The fourth-order valence-electron chi connectivity index (χ4n) is 4.04. The predicted octanol–water partition coefficient (Wildman–Crippen LogP) is 4.63. The van der Waals surface area contributed by atoms with E-state index in [0.29, 0.717) is 12.0 Å². The Bertz CT molecular complexity index is 1030. The van der Waals surface area contributed by atoms with E-state index in [1.54, 1.807) is 6.07 Å². The lowest BCUT2D eigenvalue weighted by molar-refractivity contribution is -0.125. The molecule has 0 saturated heterocycles. The van der Waals surface area contributed by atoms with Gasteiger partial charge in [0.15, 0.2) is 6.61 Å². The third-order valence-electron chi connectivity index (χ3n) is 5.51. The molecule has 1 amide bonds. The molecule has 0 aromatic heterocycles. The van der Waals surface area contributed by atoms with Crippen LogP contribution in [0.3, 0.4) is 0 Å². The van der Waals surface area contributed by atoms with Crippen molar-refractivity contribution in [3.8, 4) is 0 Å². The molecule has 4 nitrogen and oxygen atoms in total. The minimum atomic E-state index is -0.472. The Morgan fingerprint density at radius 1 is 0.900 bits per heavy atom. The summed E-state index contributed by atoms with van der Waals surface area (Å²) in [6.45, 7) is -0.281. The third kappa shape index (κ3) is 4.77. The summed E-state index contributed by atoms with van der Waals surface area (Å²) in [5.41, 5.74) is 4.94. The number of amides is 1. The average molecular weight is 399 g/mol. The minimum Gasteiger partial charge on any atom is -0.452 e. The molecular formula is C26H25NO3. The van der Waals surface area contributed by atoms with Crippen LogP contribution in [0.2, 0.25) is 0 Å². The van der Waals surface area contributed by atoms with Gasteiger partial charge in [-0.05, 0) is 54.0 Å². The van der Waals surface area contributed by atoms with Crippen molar-refractivity contribution in [3.05, 3.63) is 107 Å². The first-order valence-corrected chi connectivity index (χ1v) is 10.4. The maximum Gasteiger partial charge on any atom is 0.338 e. The number of benzene rings is 3. The SMILES string of the molecule is O=C(COC(=O)c1ccccc1Cc1ccccc1)N[C@H]1CCCc2ccccc21. The van der Waals surface area contributed by atoms with Crippen LogP contribution in [-0.2, 0) is 22.4 Å². The van der Waals surface area contributed by atoms with Crippen LogP contribution >= 0.6 is 0 Å². The summed E-state index contributed by atoms with van der Waals surface area (Å²) >= 11 is 0. The van der Waals surface area contributed by atoms with Gasteiger partial charge in [-0.1, -0.05) is 72.8 Å². The van der Waals surface area contributed by atoms with Crippen molar-refractivity contribution in [1.82, 2.24) is 5.32 Å². The summed E-state index contributed by atoms with van der Waals surface area (Å²) in [6, 6.07) is 25.5. The quantitative estimate of drug-likeness (QED) is 0.615. The standard InChI is InChI=1S/C26H25NO3/c28-25(27-24-16-8-13-20-11-4-6-14-22(20)24)18-30-26(29)23-15-7-5-12-21(23)17-19-9-2-1-3-10-19/h1-7,9-12,14-15,24H,8,13,16-18H2,(H,27,28)/t24-/m0/s1. The first-order chi connectivity index (χ1) is 14.7. The molecule has 1 N–H and O–H groups in total. The Balaban J connectivity index is 1.37. The molecule has 1 aliphatic rings. The molecule has 1 atom stereocenters. The number of ether oxygens (including phenoxy) is 1. The molecule has 0 spiro atoms. The summed E-state index contributed by atoms with van der Waals surface area (Å²) in [7, 11) is 0. The van der Waals surface area contributed by atoms with Crippen molar-refractivity contribution in [2.24, 2.45) is 0 Å². The number of aryl methyl sites for hydroxylation is 1. The molecular weight excluding hydrogens is 374 g/mol. The zero-order valence-electron chi connectivity index (χ0n) is 16.8. The van der Waals surface area contributed by atoms with Crippen molar-refractivity contribution in [3.63, 3.8) is 0 Å². The van der Waals surface area contributed by atoms with E-state index >= 15 is 0 Å². The van der Waals surface area contributed by atoms with E-state index in [4.69, 9.17) is 4.74 Å². The molecule has 0 saturated carbocycles. The van der Waals surface area contributed by atoms with Crippen molar-refractivity contribution in [1.29, 1.82) is 0 Å². The van der Waals surface area contributed by atoms with Crippen LogP contribution < -0.4 is 5.32 Å². The van der Waals surface area contributed by atoms with Crippen LogP contribution in [0.4, 0.5) is 0 Å². The van der Waals surface area contributed by atoms with E-state index in [1.165, 1.54) is 5.56 Å². The highest BCUT2D eigenvalue weighted by atomic mass is 16.5. The summed E-state index contributed by atoms with van der Waals surface area (Å²) in [4.78, 5) is 25.1. The molecule has 0 aliphatic heterocycles. The zero-order valence-corrected chi connectivity index (χ0v) is 16.8. The molecule has 152 valence electrons. The van der Waals surface area contributed by atoms with Gasteiger partial charge in [0, 0.05) is 0 Å². The molecule has 0 heterocycles. The molecule has 4 rings (SSSR count). The van der Waals surface area contributed by atoms with Crippen molar-refractivity contribution < 1.29 is 14.3 Å². The lowest BCUT2D eigenvalue weighted by Crippen LogP contribution is -2.34.